The van der Waals surface area contributed by atoms with Crippen LogP contribution in [0, 0.1) is 0 Å². The van der Waals surface area contributed by atoms with Gasteiger partial charge in [-0.1, -0.05) is 64.7 Å². The molecule has 1 unspecified atom stereocenters. The van der Waals surface area contributed by atoms with E-state index in [1.165, 1.54) is 64.2 Å². The Bertz CT molecular complexity index is 131. The van der Waals surface area contributed by atoms with Crippen molar-refractivity contribution in [1.82, 2.24) is 4.90 Å². The maximum atomic E-state index is 2.32. The molecule has 16 heavy (non-hydrogen) atoms. The van der Waals surface area contributed by atoms with Crippen molar-refractivity contribution in [3.63, 3.8) is 0 Å². The number of nitrogens with zero attached hydrogens (tertiary/aromatic N) is 1. The van der Waals surface area contributed by atoms with Crippen molar-refractivity contribution in [2.75, 3.05) is 14.1 Å². The summed E-state index contributed by atoms with van der Waals surface area (Å²) < 4.78 is 0. The maximum Gasteiger partial charge on any atom is 0.00608 e. The Balaban J connectivity index is 3.04. The predicted octanol–water partition coefficient (Wildman–Crippen LogP) is 4.86. The summed E-state index contributed by atoms with van der Waals surface area (Å²) >= 11 is 0. The molecule has 0 spiro atoms. The fraction of sp³-hybridized carbons (Fsp3) is 1.00. The highest BCUT2D eigenvalue weighted by atomic mass is 15.1. The molecule has 98 valence electrons. The summed E-state index contributed by atoms with van der Waals surface area (Å²) in [6.45, 7) is 4.61. The average Bonchev–Trinajstić information content (AvgIpc) is 2.26. The van der Waals surface area contributed by atoms with Gasteiger partial charge in [-0.2, -0.15) is 0 Å². The van der Waals surface area contributed by atoms with E-state index >= 15 is 0 Å². The minimum absolute atomic E-state index is 0.754. The maximum absolute atomic E-state index is 2.32. The number of hydrogen-bond acceptors (Lipinski definition) is 1. The number of rotatable bonds is 11. The van der Waals surface area contributed by atoms with Crippen LogP contribution in [0.5, 0.6) is 0 Å². The van der Waals surface area contributed by atoms with Crippen LogP contribution in [-0.2, 0) is 0 Å². The third-order valence-electron chi connectivity index (χ3n) is 3.61. The van der Waals surface area contributed by atoms with Gasteiger partial charge < -0.3 is 4.90 Å². The largest absolute Gasteiger partial charge is 0.307 e. The van der Waals surface area contributed by atoms with Crippen LogP contribution < -0.4 is 0 Å². The first kappa shape index (κ1) is 16.0. The lowest BCUT2D eigenvalue weighted by Gasteiger charge is -2.19. The van der Waals surface area contributed by atoms with Gasteiger partial charge in [0.05, 0.1) is 0 Å². The molecule has 0 saturated carbocycles. The molecule has 0 radical (unpaired) electrons. The molecule has 0 fully saturated rings. The van der Waals surface area contributed by atoms with E-state index < -0.39 is 0 Å². The van der Waals surface area contributed by atoms with Gasteiger partial charge in [-0.05, 0) is 27.4 Å². The highest BCUT2D eigenvalue weighted by Gasteiger charge is 2.02. The van der Waals surface area contributed by atoms with Crippen LogP contribution in [0.4, 0.5) is 0 Å². The van der Waals surface area contributed by atoms with Crippen LogP contribution in [0.3, 0.4) is 0 Å². The van der Waals surface area contributed by atoms with Gasteiger partial charge in [0.2, 0.25) is 0 Å². The van der Waals surface area contributed by atoms with Gasteiger partial charge in [-0.15, -0.1) is 0 Å². The molecule has 0 amide bonds. The second-order valence-electron chi connectivity index (χ2n) is 5.43. The fourth-order valence-corrected chi connectivity index (χ4v) is 2.01. The first-order valence-electron chi connectivity index (χ1n) is 7.35. The average molecular weight is 227 g/mol. The molecule has 0 N–H and O–H groups in total. The van der Waals surface area contributed by atoms with E-state index in [4.69, 9.17) is 0 Å². The van der Waals surface area contributed by atoms with Crippen LogP contribution in [0.1, 0.15) is 78.1 Å². The molecule has 1 atom stereocenters. The lowest BCUT2D eigenvalue weighted by atomic mass is 10.0. The Morgan fingerprint density at radius 2 is 1.19 bits per heavy atom. The van der Waals surface area contributed by atoms with E-state index in [1.54, 1.807) is 0 Å². The first-order chi connectivity index (χ1) is 7.68. The quantitative estimate of drug-likeness (QED) is 0.456. The molecule has 0 aliphatic heterocycles. The van der Waals surface area contributed by atoms with Gasteiger partial charge >= 0.3 is 0 Å². The highest BCUT2D eigenvalue weighted by Crippen LogP contribution is 2.12. The molecule has 0 aromatic rings. The van der Waals surface area contributed by atoms with Gasteiger partial charge in [-0.25, -0.2) is 0 Å². The van der Waals surface area contributed by atoms with Crippen molar-refractivity contribution in [2.45, 2.75) is 84.1 Å². The smallest absolute Gasteiger partial charge is 0.00608 e. The Morgan fingerprint density at radius 3 is 1.62 bits per heavy atom. The summed E-state index contributed by atoms with van der Waals surface area (Å²) in [5, 5.41) is 0. The van der Waals surface area contributed by atoms with Crippen LogP contribution in [-0.4, -0.2) is 25.0 Å². The molecule has 0 aliphatic rings. The van der Waals surface area contributed by atoms with E-state index in [1.807, 2.05) is 0 Å². The fourth-order valence-electron chi connectivity index (χ4n) is 2.01. The number of hydrogen-bond donors (Lipinski definition) is 0. The molecular formula is C15H33N. The summed E-state index contributed by atoms with van der Waals surface area (Å²) in [4.78, 5) is 2.32. The van der Waals surface area contributed by atoms with Crippen LogP contribution in [0.2, 0.25) is 0 Å². The lowest BCUT2D eigenvalue weighted by molar-refractivity contribution is 0.291. The van der Waals surface area contributed by atoms with E-state index in [2.05, 4.69) is 32.8 Å². The van der Waals surface area contributed by atoms with Crippen LogP contribution >= 0.6 is 0 Å². The van der Waals surface area contributed by atoms with Crippen molar-refractivity contribution >= 4 is 0 Å². The monoisotopic (exact) mass is 227 g/mol. The van der Waals surface area contributed by atoms with E-state index in [0.29, 0.717) is 0 Å². The van der Waals surface area contributed by atoms with E-state index in [9.17, 15) is 0 Å². The topological polar surface area (TPSA) is 3.24 Å². The second kappa shape index (κ2) is 11.4. The summed E-state index contributed by atoms with van der Waals surface area (Å²) in [6, 6.07) is 0.754. The third-order valence-corrected chi connectivity index (χ3v) is 3.61. The molecule has 1 nitrogen and oxygen atoms in total. The normalized spacial score (nSPS) is 13.3. The Kier molecular flexibility index (Phi) is 11.4. The third kappa shape index (κ3) is 10.5. The molecule has 0 rings (SSSR count). The van der Waals surface area contributed by atoms with E-state index in [0.717, 1.165) is 6.04 Å². The zero-order chi connectivity index (χ0) is 12.2. The Hall–Kier alpha value is -0.0400. The van der Waals surface area contributed by atoms with Crippen molar-refractivity contribution in [3.05, 3.63) is 0 Å². The van der Waals surface area contributed by atoms with Crippen molar-refractivity contribution in [3.8, 4) is 0 Å². The summed E-state index contributed by atoms with van der Waals surface area (Å²) in [7, 11) is 4.36. The molecule has 1 heteroatoms. The molecule has 0 aliphatic carbocycles. The van der Waals surface area contributed by atoms with Crippen molar-refractivity contribution < 1.29 is 0 Å². The van der Waals surface area contributed by atoms with Crippen LogP contribution in [0.15, 0.2) is 0 Å². The number of unbranched alkanes of at least 4 members (excludes halogenated alkanes) is 8. The minimum atomic E-state index is 0.754. The first-order valence-corrected chi connectivity index (χ1v) is 7.35. The summed E-state index contributed by atoms with van der Waals surface area (Å²) in [5.74, 6) is 0. The van der Waals surface area contributed by atoms with Crippen LogP contribution in [0.25, 0.3) is 0 Å². The van der Waals surface area contributed by atoms with Gasteiger partial charge in [0.25, 0.3) is 0 Å². The lowest BCUT2D eigenvalue weighted by Crippen LogP contribution is -2.24. The van der Waals surface area contributed by atoms with Gasteiger partial charge in [0.15, 0.2) is 0 Å². The zero-order valence-corrected chi connectivity index (χ0v) is 12.1. The second-order valence-corrected chi connectivity index (χ2v) is 5.43. The zero-order valence-electron chi connectivity index (χ0n) is 12.1. The molecule has 0 aromatic carbocycles. The van der Waals surface area contributed by atoms with Crippen molar-refractivity contribution in [1.29, 1.82) is 0 Å². The molecule has 0 bridgehead atoms. The summed E-state index contributed by atoms with van der Waals surface area (Å²) in [5.41, 5.74) is 0. The Labute approximate surface area is 104 Å². The molecule has 0 saturated heterocycles. The molecular weight excluding hydrogens is 194 g/mol. The van der Waals surface area contributed by atoms with Crippen molar-refractivity contribution in [2.24, 2.45) is 0 Å². The SMILES string of the molecule is CCCCCCCCCCCC(C)N(C)C. The van der Waals surface area contributed by atoms with Gasteiger partial charge in [0.1, 0.15) is 0 Å². The molecule has 0 heterocycles. The molecule has 0 aromatic heterocycles. The Morgan fingerprint density at radius 1 is 0.750 bits per heavy atom. The standard InChI is InChI=1S/C15H33N/c1-5-6-7-8-9-10-11-12-13-14-15(2)16(3)4/h15H,5-14H2,1-4H3. The highest BCUT2D eigenvalue weighted by molar-refractivity contribution is 4.59. The predicted molar refractivity (Wildman–Crippen MR) is 75.0 cm³/mol. The summed E-state index contributed by atoms with van der Waals surface area (Å²) in [6.07, 6.45) is 14.3. The van der Waals surface area contributed by atoms with Gasteiger partial charge in [0, 0.05) is 6.04 Å². The minimum Gasteiger partial charge on any atom is -0.307 e. The van der Waals surface area contributed by atoms with E-state index in [-0.39, 0.29) is 0 Å². The van der Waals surface area contributed by atoms with Gasteiger partial charge in [-0.3, -0.25) is 0 Å².